The lowest BCUT2D eigenvalue weighted by atomic mass is 10.1. The van der Waals surface area contributed by atoms with Crippen LogP contribution >= 0.6 is 11.6 Å². The second-order valence-corrected chi connectivity index (χ2v) is 6.17. The van der Waals surface area contributed by atoms with E-state index >= 15 is 0 Å². The molecule has 6 heteroatoms. The highest BCUT2D eigenvalue weighted by Crippen LogP contribution is 2.34. The van der Waals surface area contributed by atoms with Crippen molar-refractivity contribution >= 4 is 34.9 Å². The van der Waals surface area contributed by atoms with Crippen LogP contribution in [0.4, 0.5) is 11.4 Å². The summed E-state index contributed by atoms with van der Waals surface area (Å²) in [6.07, 6.45) is 0. The average molecular weight is 345 g/mol. The van der Waals surface area contributed by atoms with Crippen molar-refractivity contribution in [2.24, 2.45) is 0 Å². The summed E-state index contributed by atoms with van der Waals surface area (Å²) >= 11 is 6.02. The number of halogens is 1. The van der Waals surface area contributed by atoms with Crippen LogP contribution < -0.4 is 15.0 Å². The second-order valence-electron chi connectivity index (χ2n) is 5.74. The molecule has 0 aromatic heterocycles. The number of benzene rings is 2. The van der Waals surface area contributed by atoms with Crippen molar-refractivity contribution in [3.8, 4) is 5.75 Å². The van der Waals surface area contributed by atoms with Crippen LogP contribution in [0.15, 0.2) is 36.4 Å². The Morgan fingerprint density at radius 1 is 1.29 bits per heavy atom. The number of carbonyl (C=O) groups excluding carboxylic acids is 2. The molecule has 3 rings (SSSR count). The number of rotatable bonds is 3. The maximum Gasteiger partial charge on any atom is 0.331 e. The number of hydrogen-bond acceptors (Lipinski definition) is 4. The van der Waals surface area contributed by atoms with Gasteiger partial charge in [-0.3, -0.25) is 4.79 Å². The molecule has 124 valence electrons. The van der Waals surface area contributed by atoms with Gasteiger partial charge in [0.15, 0.2) is 5.75 Å². The van der Waals surface area contributed by atoms with E-state index in [9.17, 15) is 9.59 Å². The molecule has 1 aliphatic rings. The molecule has 0 aliphatic carbocycles. The molecule has 2 aromatic carbocycles. The Hall–Kier alpha value is -2.53. The van der Waals surface area contributed by atoms with E-state index in [2.05, 4.69) is 5.32 Å². The summed E-state index contributed by atoms with van der Waals surface area (Å²) in [5, 5.41) is 3.41. The van der Waals surface area contributed by atoms with Crippen molar-refractivity contribution in [1.82, 2.24) is 0 Å². The van der Waals surface area contributed by atoms with Gasteiger partial charge in [0.1, 0.15) is 6.54 Å². The minimum Gasteiger partial charge on any atom is -0.423 e. The van der Waals surface area contributed by atoms with Crippen LogP contribution in [0.3, 0.4) is 0 Å². The number of esters is 1. The van der Waals surface area contributed by atoms with Gasteiger partial charge in [-0.25, -0.2) is 4.79 Å². The molecular formula is C18H17ClN2O3. The van der Waals surface area contributed by atoms with E-state index in [0.717, 1.165) is 16.8 Å². The molecule has 0 fully saturated rings. The molecule has 0 saturated heterocycles. The second kappa shape index (κ2) is 6.53. The summed E-state index contributed by atoms with van der Waals surface area (Å²) in [5.41, 5.74) is 3.53. The highest BCUT2D eigenvalue weighted by molar-refractivity contribution is 6.31. The van der Waals surface area contributed by atoms with Crippen LogP contribution in [-0.2, 0) is 9.59 Å². The van der Waals surface area contributed by atoms with Crippen molar-refractivity contribution in [2.45, 2.75) is 13.8 Å². The van der Waals surface area contributed by atoms with Gasteiger partial charge in [-0.1, -0.05) is 23.7 Å². The van der Waals surface area contributed by atoms with Crippen LogP contribution in [0.5, 0.6) is 5.75 Å². The van der Waals surface area contributed by atoms with Gasteiger partial charge in [0.05, 0.1) is 12.2 Å². The summed E-state index contributed by atoms with van der Waals surface area (Å²) in [6.45, 7) is 3.99. The van der Waals surface area contributed by atoms with E-state index in [0.29, 0.717) is 16.5 Å². The van der Waals surface area contributed by atoms with Gasteiger partial charge in [0.2, 0.25) is 5.91 Å². The van der Waals surface area contributed by atoms with Crippen LogP contribution in [0, 0.1) is 13.8 Å². The highest BCUT2D eigenvalue weighted by atomic mass is 35.5. The molecule has 24 heavy (non-hydrogen) atoms. The fraction of sp³-hybridized carbons (Fsp3) is 0.222. The van der Waals surface area contributed by atoms with Crippen LogP contribution in [0.25, 0.3) is 0 Å². The van der Waals surface area contributed by atoms with Crippen molar-refractivity contribution < 1.29 is 14.3 Å². The predicted octanol–water partition coefficient (Wildman–Crippen LogP) is 3.32. The Bertz CT molecular complexity index is 820. The number of aryl methyl sites for hydroxylation is 1. The maximum atomic E-state index is 12.4. The largest absolute Gasteiger partial charge is 0.423 e. The van der Waals surface area contributed by atoms with Crippen LogP contribution in [-0.4, -0.2) is 25.0 Å². The Kier molecular flexibility index (Phi) is 4.44. The minimum atomic E-state index is -0.399. The van der Waals surface area contributed by atoms with Gasteiger partial charge < -0.3 is 15.0 Å². The zero-order valence-corrected chi connectivity index (χ0v) is 14.2. The number of ether oxygens (including phenoxy) is 1. The fourth-order valence-corrected chi connectivity index (χ4v) is 2.78. The topological polar surface area (TPSA) is 58.6 Å². The standard InChI is InChI=1S/C18H17ClN2O3/c1-11-4-3-5-14(12(11)2)20-17(22)9-21-10-18(23)24-16-7-6-13(19)8-15(16)21/h3-8H,9-10H2,1-2H3,(H,20,22). The first kappa shape index (κ1) is 16.3. The first-order chi connectivity index (χ1) is 11.4. The van der Waals surface area contributed by atoms with Crippen molar-refractivity contribution in [1.29, 1.82) is 0 Å². The first-order valence-electron chi connectivity index (χ1n) is 7.55. The SMILES string of the molecule is Cc1cccc(NC(=O)CN2CC(=O)Oc3ccc(Cl)cc32)c1C. The maximum absolute atomic E-state index is 12.4. The monoisotopic (exact) mass is 344 g/mol. The summed E-state index contributed by atoms with van der Waals surface area (Å²) in [5.74, 6) is -0.191. The fourth-order valence-electron chi connectivity index (χ4n) is 2.61. The zero-order valence-electron chi connectivity index (χ0n) is 13.4. The van der Waals surface area contributed by atoms with Gasteiger partial charge in [-0.15, -0.1) is 0 Å². The smallest absolute Gasteiger partial charge is 0.331 e. The summed E-state index contributed by atoms with van der Waals surface area (Å²) in [6, 6.07) is 10.7. The zero-order chi connectivity index (χ0) is 17.3. The normalized spacial score (nSPS) is 13.3. The van der Waals surface area contributed by atoms with E-state index in [4.69, 9.17) is 16.3 Å². The molecule has 1 aliphatic heterocycles. The molecule has 1 heterocycles. The molecule has 0 spiro atoms. The highest BCUT2D eigenvalue weighted by Gasteiger charge is 2.26. The van der Waals surface area contributed by atoms with Crippen molar-refractivity contribution in [3.63, 3.8) is 0 Å². The minimum absolute atomic E-state index is 0.00750. The number of carbonyl (C=O) groups is 2. The van der Waals surface area contributed by atoms with Crippen molar-refractivity contribution in [3.05, 3.63) is 52.5 Å². The summed E-state index contributed by atoms with van der Waals surface area (Å²) < 4.78 is 5.18. The Labute approximate surface area is 145 Å². The first-order valence-corrected chi connectivity index (χ1v) is 7.93. The third-order valence-electron chi connectivity index (χ3n) is 4.02. The van der Waals surface area contributed by atoms with Gasteiger partial charge >= 0.3 is 5.97 Å². The lowest BCUT2D eigenvalue weighted by molar-refractivity contribution is -0.133. The van der Waals surface area contributed by atoms with E-state index < -0.39 is 5.97 Å². The number of nitrogens with zero attached hydrogens (tertiary/aromatic N) is 1. The van der Waals surface area contributed by atoms with Gasteiger partial charge in [-0.2, -0.15) is 0 Å². The summed E-state index contributed by atoms with van der Waals surface area (Å²) in [4.78, 5) is 25.8. The van der Waals surface area contributed by atoms with Gasteiger partial charge in [0.25, 0.3) is 0 Å². The van der Waals surface area contributed by atoms with Gasteiger partial charge in [-0.05, 0) is 49.2 Å². The molecule has 2 aromatic rings. The van der Waals surface area contributed by atoms with Crippen molar-refractivity contribution in [2.75, 3.05) is 23.3 Å². The predicted molar refractivity (Wildman–Crippen MR) is 93.8 cm³/mol. The molecule has 0 bridgehead atoms. The lowest BCUT2D eigenvalue weighted by Crippen LogP contribution is -2.41. The molecule has 0 radical (unpaired) electrons. The van der Waals surface area contributed by atoms with E-state index in [-0.39, 0.29) is 19.0 Å². The lowest BCUT2D eigenvalue weighted by Gasteiger charge is -2.29. The number of fused-ring (bicyclic) bond motifs is 1. The molecule has 1 N–H and O–H groups in total. The quantitative estimate of drug-likeness (QED) is 0.685. The number of anilines is 2. The summed E-state index contributed by atoms with van der Waals surface area (Å²) in [7, 11) is 0. The Morgan fingerprint density at radius 3 is 2.88 bits per heavy atom. The Morgan fingerprint density at radius 2 is 2.08 bits per heavy atom. The number of amides is 1. The molecular weight excluding hydrogens is 328 g/mol. The average Bonchev–Trinajstić information content (AvgIpc) is 2.52. The number of hydrogen-bond donors (Lipinski definition) is 1. The third kappa shape index (κ3) is 3.36. The third-order valence-corrected chi connectivity index (χ3v) is 4.25. The van der Waals surface area contributed by atoms with E-state index in [1.807, 2.05) is 32.0 Å². The van der Waals surface area contributed by atoms with E-state index in [1.54, 1.807) is 23.1 Å². The number of nitrogens with one attached hydrogen (secondary N) is 1. The van der Waals surface area contributed by atoms with Gasteiger partial charge in [0, 0.05) is 10.7 Å². The van der Waals surface area contributed by atoms with Crippen LogP contribution in [0.2, 0.25) is 5.02 Å². The molecule has 1 amide bonds. The molecule has 5 nitrogen and oxygen atoms in total. The van der Waals surface area contributed by atoms with Crippen LogP contribution in [0.1, 0.15) is 11.1 Å². The Balaban J connectivity index is 1.78. The molecule has 0 saturated carbocycles. The molecule has 0 unspecified atom stereocenters. The van der Waals surface area contributed by atoms with E-state index in [1.165, 1.54) is 0 Å². The molecule has 0 atom stereocenters.